The molecule has 0 bridgehead atoms. The molecule has 0 saturated carbocycles. The number of thiophene rings is 1. The van der Waals surface area contributed by atoms with Crippen molar-refractivity contribution in [3.63, 3.8) is 0 Å². The zero-order valence-electron chi connectivity index (χ0n) is 18.7. The summed E-state index contributed by atoms with van der Waals surface area (Å²) in [4.78, 5) is 42.6. The number of rotatable bonds is 3. The van der Waals surface area contributed by atoms with Gasteiger partial charge in [0, 0.05) is 18.8 Å². The number of hydrogen-bond donors (Lipinski definition) is 2. The molecule has 9 nitrogen and oxygen atoms in total. The SMILES string of the molecule is CN1CC[N+](NC(=O)Oc2ccc(Br)s2)(C(=O)Nc2ccc(C(=O)N3CCCC3)c(Cl)c2)CC1. The number of carbonyl (C=O) groups excluding carboxylic acids is 3. The van der Waals surface area contributed by atoms with Gasteiger partial charge in [0.1, 0.15) is 13.1 Å². The van der Waals surface area contributed by atoms with Crippen molar-refractivity contribution in [2.45, 2.75) is 12.8 Å². The van der Waals surface area contributed by atoms with Crippen molar-refractivity contribution in [2.24, 2.45) is 0 Å². The summed E-state index contributed by atoms with van der Waals surface area (Å²) in [6.07, 6.45) is 1.27. The lowest BCUT2D eigenvalue weighted by Gasteiger charge is -2.39. The molecule has 0 aliphatic carbocycles. The molecule has 2 aliphatic rings. The molecule has 0 radical (unpaired) electrons. The second kappa shape index (κ2) is 10.6. The number of anilines is 1. The Balaban J connectivity index is 1.47. The van der Waals surface area contributed by atoms with Crippen molar-refractivity contribution in [3.8, 4) is 5.06 Å². The topological polar surface area (TPSA) is 91.0 Å². The maximum atomic E-state index is 13.4. The van der Waals surface area contributed by atoms with Crippen LogP contribution in [0.15, 0.2) is 34.1 Å². The van der Waals surface area contributed by atoms with E-state index in [4.69, 9.17) is 16.3 Å². The molecule has 2 aromatic rings. The molecule has 2 N–H and O–H groups in total. The van der Waals surface area contributed by atoms with Crippen LogP contribution in [0.1, 0.15) is 23.2 Å². The first-order valence-electron chi connectivity index (χ1n) is 11.0. The van der Waals surface area contributed by atoms with Crippen molar-refractivity contribution in [3.05, 3.63) is 44.7 Å². The van der Waals surface area contributed by atoms with Gasteiger partial charge in [-0.05, 0) is 66.2 Å². The second-order valence-corrected chi connectivity index (χ2v) is 11.2. The Morgan fingerprint density at radius 1 is 1.09 bits per heavy atom. The van der Waals surface area contributed by atoms with Crippen molar-refractivity contribution in [2.75, 3.05) is 51.6 Å². The smallest absolute Gasteiger partial charge is 0.396 e. The van der Waals surface area contributed by atoms with Crippen LogP contribution in [0.25, 0.3) is 0 Å². The van der Waals surface area contributed by atoms with Gasteiger partial charge in [-0.1, -0.05) is 22.9 Å². The summed E-state index contributed by atoms with van der Waals surface area (Å²) in [5.74, 6) is -0.104. The van der Waals surface area contributed by atoms with E-state index in [-0.39, 0.29) is 15.5 Å². The van der Waals surface area contributed by atoms with E-state index in [0.29, 0.717) is 42.5 Å². The van der Waals surface area contributed by atoms with Crippen molar-refractivity contribution >= 4 is 62.6 Å². The predicted molar refractivity (Wildman–Crippen MR) is 134 cm³/mol. The van der Waals surface area contributed by atoms with Crippen LogP contribution in [0.4, 0.5) is 15.3 Å². The van der Waals surface area contributed by atoms with Gasteiger partial charge in [-0.15, -0.1) is 4.59 Å². The highest BCUT2D eigenvalue weighted by Gasteiger charge is 2.43. The van der Waals surface area contributed by atoms with Crippen LogP contribution in [0, 0.1) is 0 Å². The van der Waals surface area contributed by atoms with E-state index >= 15 is 0 Å². The molecule has 34 heavy (non-hydrogen) atoms. The molecule has 182 valence electrons. The maximum Gasteiger partial charge on any atom is 0.458 e. The lowest BCUT2D eigenvalue weighted by molar-refractivity contribution is -0.888. The molecular formula is C22H26BrClN5O4S+. The van der Waals surface area contributed by atoms with Gasteiger partial charge in [0.25, 0.3) is 5.91 Å². The molecule has 12 heteroatoms. The molecule has 1 aromatic carbocycles. The molecule has 0 atom stereocenters. The summed E-state index contributed by atoms with van der Waals surface area (Å²) in [5, 5.41) is 3.54. The minimum absolute atomic E-state index is 0.104. The fraction of sp³-hybridized carbons (Fsp3) is 0.409. The zero-order chi connectivity index (χ0) is 24.3. The number of hydrogen-bond acceptors (Lipinski definition) is 6. The number of carbonyl (C=O) groups is 3. The monoisotopic (exact) mass is 570 g/mol. The number of quaternary nitrogens is 1. The number of nitrogens with zero attached hydrogens (tertiary/aromatic N) is 3. The van der Waals surface area contributed by atoms with E-state index in [9.17, 15) is 14.4 Å². The second-order valence-electron chi connectivity index (χ2n) is 8.40. The Hall–Kier alpha value is -2.18. The molecular weight excluding hydrogens is 546 g/mol. The number of urea groups is 1. The Kier molecular flexibility index (Phi) is 7.78. The van der Waals surface area contributed by atoms with Crippen LogP contribution in [0.2, 0.25) is 5.02 Å². The number of amides is 4. The van der Waals surface area contributed by atoms with Crippen molar-refractivity contribution < 1.29 is 23.7 Å². The van der Waals surface area contributed by atoms with Crippen LogP contribution >= 0.6 is 38.9 Å². The van der Waals surface area contributed by atoms with Gasteiger partial charge >= 0.3 is 12.1 Å². The predicted octanol–water partition coefficient (Wildman–Crippen LogP) is 4.40. The average molecular weight is 572 g/mol. The highest BCUT2D eigenvalue weighted by atomic mass is 79.9. The van der Waals surface area contributed by atoms with Gasteiger partial charge in [-0.2, -0.15) is 5.43 Å². The number of likely N-dealkylation sites (tertiary alicyclic amines) is 1. The first kappa shape index (κ1) is 24.9. The van der Waals surface area contributed by atoms with Gasteiger partial charge in [0.2, 0.25) is 0 Å². The minimum Gasteiger partial charge on any atom is -0.396 e. The third-order valence-electron chi connectivity index (χ3n) is 6.01. The van der Waals surface area contributed by atoms with Crippen LogP contribution in [0.5, 0.6) is 5.06 Å². The van der Waals surface area contributed by atoms with Gasteiger partial charge in [0.15, 0.2) is 5.06 Å². The van der Waals surface area contributed by atoms with E-state index in [1.54, 1.807) is 35.2 Å². The maximum absolute atomic E-state index is 13.4. The lowest BCUT2D eigenvalue weighted by atomic mass is 10.1. The third kappa shape index (κ3) is 5.72. The van der Waals surface area contributed by atoms with E-state index in [0.717, 1.165) is 29.7 Å². The number of likely N-dealkylation sites (N-methyl/N-ethyl adjacent to an activating group) is 1. The summed E-state index contributed by atoms with van der Waals surface area (Å²) >= 11 is 11.0. The Morgan fingerprint density at radius 2 is 1.79 bits per heavy atom. The van der Waals surface area contributed by atoms with Crippen LogP contribution in [-0.2, 0) is 0 Å². The normalized spacial score (nSPS) is 17.9. The summed E-state index contributed by atoms with van der Waals surface area (Å²) in [6.45, 7) is 3.42. The first-order chi connectivity index (χ1) is 16.3. The van der Waals surface area contributed by atoms with E-state index in [1.165, 1.54) is 11.3 Å². The Morgan fingerprint density at radius 3 is 2.41 bits per heavy atom. The standard InChI is InChI=1S/C22H25BrClN5O4S/c1-27-10-12-29(13-11-27,26-22(32)33-19-7-6-18(23)34-19)21(31)25-15-4-5-16(17(24)14-15)20(30)28-8-2-3-9-28/h4-7,14H,2-3,8-13H2,1H3,(H-,25,26,30,31,32)/p+1. The summed E-state index contributed by atoms with van der Waals surface area (Å²) in [6, 6.07) is 7.89. The molecule has 0 unspecified atom stereocenters. The van der Waals surface area contributed by atoms with E-state index < -0.39 is 12.1 Å². The molecule has 0 spiro atoms. The molecule has 2 saturated heterocycles. The number of benzene rings is 1. The minimum atomic E-state index is -0.710. The average Bonchev–Trinajstić information content (AvgIpc) is 3.47. The zero-order valence-corrected chi connectivity index (χ0v) is 21.8. The fourth-order valence-corrected chi connectivity index (χ4v) is 5.45. The molecule has 3 heterocycles. The number of nitrogens with one attached hydrogen (secondary N) is 2. The lowest BCUT2D eigenvalue weighted by Crippen LogP contribution is -2.71. The Labute approximate surface area is 215 Å². The molecule has 1 aromatic heterocycles. The van der Waals surface area contributed by atoms with E-state index in [2.05, 4.69) is 31.6 Å². The molecule has 4 rings (SSSR count). The molecule has 2 fully saturated rings. The summed E-state index contributed by atoms with van der Waals surface area (Å²) in [7, 11) is 1.96. The highest BCUT2D eigenvalue weighted by molar-refractivity contribution is 9.11. The van der Waals surface area contributed by atoms with Crippen molar-refractivity contribution in [1.82, 2.24) is 15.2 Å². The van der Waals surface area contributed by atoms with Gasteiger partial charge in [0.05, 0.1) is 27.5 Å². The third-order valence-corrected chi connectivity index (χ3v) is 7.82. The largest absolute Gasteiger partial charge is 0.458 e. The van der Waals surface area contributed by atoms with Gasteiger partial charge < -0.3 is 9.64 Å². The van der Waals surface area contributed by atoms with Gasteiger partial charge in [-0.3, -0.25) is 15.0 Å². The number of ether oxygens (including phenoxy) is 1. The van der Waals surface area contributed by atoms with Crippen LogP contribution in [0.3, 0.4) is 0 Å². The first-order valence-corrected chi connectivity index (χ1v) is 13.0. The van der Waals surface area contributed by atoms with Crippen LogP contribution in [-0.4, -0.2) is 78.7 Å². The quantitative estimate of drug-likeness (QED) is 0.533. The number of piperazine rings is 1. The van der Waals surface area contributed by atoms with Crippen LogP contribution < -0.4 is 15.5 Å². The van der Waals surface area contributed by atoms with Crippen molar-refractivity contribution in [1.29, 1.82) is 0 Å². The van der Waals surface area contributed by atoms with E-state index in [1.807, 2.05) is 7.05 Å². The molecule has 2 aliphatic heterocycles. The Bertz CT molecular complexity index is 1080. The summed E-state index contributed by atoms with van der Waals surface area (Å²) < 4.78 is 5.88. The number of halogens is 2. The summed E-state index contributed by atoms with van der Waals surface area (Å²) in [5.41, 5.74) is 3.60. The highest BCUT2D eigenvalue weighted by Crippen LogP contribution is 2.29. The van der Waals surface area contributed by atoms with Gasteiger partial charge in [-0.25, -0.2) is 9.59 Å². The fourth-order valence-electron chi connectivity index (χ4n) is 4.00. The molecule has 4 amide bonds.